The topological polar surface area (TPSA) is 58.0 Å². The Morgan fingerprint density at radius 2 is 1.95 bits per heavy atom. The maximum absolute atomic E-state index is 13.1. The lowest BCUT2D eigenvalue weighted by Gasteiger charge is -2.13. The third-order valence-corrected chi connectivity index (χ3v) is 3.30. The van der Waals surface area contributed by atoms with E-state index in [1.54, 1.807) is 16.8 Å². The molecular weight excluding hydrogens is 271 g/mol. The van der Waals surface area contributed by atoms with E-state index in [1.807, 2.05) is 20.8 Å². The Bertz CT molecular complexity index is 645. The first kappa shape index (κ1) is 15.2. The number of aromatic nitrogens is 2. The van der Waals surface area contributed by atoms with Crippen LogP contribution in [-0.4, -0.2) is 15.7 Å². The second-order valence-electron chi connectivity index (χ2n) is 5.29. The zero-order chi connectivity index (χ0) is 15.6. The quantitative estimate of drug-likeness (QED) is 0.849. The number of aryl methyl sites for hydroxylation is 1. The van der Waals surface area contributed by atoms with E-state index in [0.29, 0.717) is 23.5 Å². The van der Waals surface area contributed by atoms with Gasteiger partial charge in [-0.1, -0.05) is 27.2 Å². The van der Waals surface area contributed by atoms with Gasteiger partial charge in [0.15, 0.2) is 0 Å². The van der Waals surface area contributed by atoms with Crippen LogP contribution in [0, 0.1) is 5.82 Å². The van der Waals surface area contributed by atoms with Crippen LogP contribution < -0.4 is 5.11 Å². The smallest absolute Gasteiger partial charge is 0.123 e. The van der Waals surface area contributed by atoms with Gasteiger partial charge in [-0.25, -0.2) is 9.07 Å². The minimum atomic E-state index is -1.21. The van der Waals surface area contributed by atoms with Crippen LogP contribution in [0.25, 0.3) is 5.69 Å². The van der Waals surface area contributed by atoms with Gasteiger partial charge in [-0.15, -0.1) is 0 Å². The predicted octanol–water partition coefficient (Wildman–Crippen LogP) is 2.45. The number of nitrogens with zero attached hydrogens (tertiary/aromatic N) is 2. The van der Waals surface area contributed by atoms with Gasteiger partial charge in [0.25, 0.3) is 0 Å². The Labute approximate surface area is 123 Å². The molecule has 112 valence electrons. The van der Waals surface area contributed by atoms with Gasteiger partial charge in [0.1, 0.15) is 5.82 Å². The number of benzene rings is 1. The van der Waals surface area contributed by atoms with E-state index >= 15 is 0 Å². The molecule has 2 aromatic rings. The largest absolute Gasteiger partial charge is 0.545 e. The summed E-state index contributed by atoms with van der Waals surface area (Å²) in [6, 6.07) is 5.84. The Kier molecular flexibility index (Phi) is 4.40. The average Bonchev–Trinajstić information content (AvgIpc) is 2.79. The number of hydrogen-bond acceptors (Lipinski definition) is 3. The van der Waals surface area contributed by atoms with Crippen molar-refractivity contribution >= 4 is 5.97 Å². The summed E-state index contributed by atoms with van der Waals surface area (Å²) in [6.07, 6.45) is 1.36. The summed E-state index contributed by atoms with van der Waals surface area (Å²) < 4.78 is 14.6. The van der Waals surface area contributed by atoms with Gasteiger partial charge in [0.05, 0.1) is 23.0 Å². The first-order chi connectivity index (χ1) is 9.95. The summed E-state index contributed by atoms with van der Waals surface area (Å²) in [7, 11) is 0. The van der Waals surface area contributed by atoms with E-state index in [9.17, 15) is 14.3 Å². The van der Waals surface area contributed by atoms with Crippen molar-refractivity contribution in [2.75, 3.05) is 0 Å². The van der Waals surface area contributed by atoms with Crippen LogP contribution in [0.5, 0.6) is 0 Å². The summed E-state index contributed by atoms with van der Waals surface area (Å²) in [5.74, 6) is -1.59. The maximum atomic E-state index is 13.1. The fraction of sp³-hybridized carbons (Fsp3) is 0.375. The fourth-order valence-electron chi connectivity index (χ4n) is 2.42. The van der Waals surface area contributed by atoms with E-state index in [0.717, 1.165) is 6.42 Å². The van der Waals surface area contributed by atoms with Crippen LogP contribution in [0.1, 0.15) is 54.9 Å². The SMILES string of the molecule is CCCc1nn(-c2ccc(F)cc2)c(C(C)C)c1C(=O)[O-]. The Morgan fingerprint density at radius 1 is 1.33 bits per heavy atom. The standard InChI is InChI=1S/C16H19FN2O2/c1-4-5-13-14(16(20)21)15(10(2)3)19(18-13)12-8-6-11(17)7-9-12/h6-10H,4-5H2,1-3H3,(H,20,21)/p-1. The lowest BCUT2D eigenvalue weighted by molar-refractivity contribution is -0.255. The van der Waals surface area contributed by atoms with Crippen LogP contribution in [0.15, 0.2) is 24.3 Å². The molecule has 2 rings (SSSR count). The molecule has 1 aromatic carbocycles. The zero-order valence-corrected chi connectivity index (χ0v) is 12.4. The maximum Gasteiger partial charge on any atom is 0.123 e. The van der Waals surface area contributed by atoms with Crippen molar-refractivity contribution < 1.29 is 14.3 Å². The highest BCUT2D eigenvalue weighted by Gasteiger charge is 2.21. The lowest BCUT2D eigenvalue weighted by Crippen LogP contribution is -2.25. The molecule has 0 aliphatic rings. The molecule has 4 nitrogen and oxygen atoms in total. The Hall–Kier alpha value is -2.17. The monoisotopic (exact) mass is 289 g/mol. The van der Waals surface area contributed by atoms with Crippen LogP contribution in [-0.2, 0) is 6.42 Å². The first-order valence-corrected chi connectivity index (χ1v) is 7.04. The molecule has 0 atom stereocenters. The number of hydrogen-bond donors (Lipinski definition) is 0. The molecule has 0 saturated carbocycles. The van der Waals surface area contributed by atoms with Crippen LogP contribution in [0.3, 0.4) is 0 Å². The van der Waals surface area contributed by atoms with Gasteiger partial charge in [-0.3, -0.25) is 0 Å². The Morgan fingerprint density at radius 3 is 2.43 bits per heavy atom. The number of rotatable bonds is 5. The zero-order valence-electron chi connectivity index (χ0n) is 12.4. The average molecular weight is 289 g/mol. The molecule has 0 aliphatic carbocycles. The highest BCUT2D eigenvalue weighted by molar-refractivity contribution is 5.89. The molecule has 0 aliphatic heterocycles. The number of carboxylic acids is 1. The van der Waals surface area contributed by atoms with Crippen molar-refractivity contribution in [3.8, 4) is 5.69 Å². The molecule has 0 spiro atoms. The molecule has 1 heterocycles. The third-order valence-electron chi connectivity index (χ3n) is 3.30. The molecule has 0 saturated heterocycles. The lowest BCUT2D eigenvalue weighted by atomic mass is 10.0. The van der Waals surface area contributed by atoms with Gasteiger partial charge in [-0.2, -0.15) is 5.10 Å². The Balaban J connectivity index is 2.67. The van der Waals surface area contributed by atoms with E-state index in [1.165, 1.54) is 12.1 Å². The van der Waals surface area contributed by atoms with Crippen LogP contribution in [0.4, 0.5) is 4.39 Å². The summed E-state index contributed by atoms with van der Waals surface area (Å²) in [6.45, 7) is 5.77. The van der Waals surface area contributed by atoms with Crippen molar-refractivity contribution in [2.45, 2.75) is 39.5 Å². The molecular formula is C16H18FN2O2-. The first-order valence-electron chi connectivity index (χ1n) is 7.04. The predicted molar refractivity (Wildman–Crippen MR) is 75.9 cm³/mol. The summed E-state index contributed by atoms with van der Waals surface area (Å²) >= 11 is 0. The van der Waals surface area contributed by atoms with Gasteiger partial charge in [-0.05, 0) is 36.6 Å². The van der Waals surface area contributed by atoms with Crippen molar-refractivity contribution in [3.63, 3.8) is 0 Å². The second-order valence-corrected chi connectivity index (χ2v) is 5.29. The van der Waals surface area contributed by atoms with Crippen molar-refractivity contribution in [3.05, 3.63) is 47.0 Å². The third kappa shape index (κ3) is 2.96. The van der Waals surface area contributed by atoms with E-state index < -0.39 is 5.97 Å². The van der Waals surface area contributed by atoms with E-state index in [2.05, 4.69) is 5.10 Å². The van der Waals surface area contributed by atoms with Gasteiger partial charge < -0.3 is 9.90 Å². The summed E-state index contributed by atoms with van der Waals surface area (Å²) in [4.78, 5) is 11.5. The number of carboxylic acid groups (broad SMARTS) is 1. The minimum absolute atomic E-state index is 0.0407. The van der Waals surface area contributed by atoms with E-state index in [4.69, 9.17) is 0 Å². The molecule has 0 unspecified atom stereocenters. The highest BCUT2D eigenvalue weighted by Crippen LogP contribution is 2.26. The molecule has 5 heteroatoms. The molecule has 0 fully saturated rings. The number of carbonyl (C=O) groups is 1. The molecule has 0 radical (unpaired) electrons. The summed E-state index contributed by atoms with van der Waals surface area (Å²) in [5.41, 5.74) is 1.91. The minimum Gasteiger partial charge on any atom is -0.545 e. The molecule has 0 bridgehead atoms. The summed E-state index contributed by atoms with van der Waals surface area (Å²) in [5, 5.41) is 15.9. The van der Waals surface area contributed by atoms with Crippen molar-refractivity contribution in [2.24, 2.45) is 0 Å². The molecule has 21 heavy (non-hydrogen) atoms. The van der Waals surface area contributed by atoms with Crippen LogP contribution >= 0.6 is 0 Å². The van der Waals surface area contributed by atoms with Gasteiger partial charge in [0, 0.05) is 5.56 Å². The number of carbonyl (C=O) groups excluding carboxylic acids is 1. The van der Waals surface area contributed by atoms with Crippen molar-refractivity contribution in [1.29, 1.82) is 0 Å². The second kappa shape index (κ2) is 6.08. The number of aromatic carboxylic acids is 1. The molecule has 0 N–H and O–H groups in total. The number of halogens is 1. The van der Waals surface area contributed by atoms with Gasteiger partial charge in [0.2, 0.25) is 0 Å². The normalized spacial score (nSPS) is 11.1. The fourth-order valence-corrected chi connectivity index (χ4v) is 2.42. The van der Waals surface area contributed by atoms with E-state index in [-0.39, 0.29) is 17.3 Å². The molecule has 0 amide bonds. The van der Waals surface area contributed by atoms with Crippen LogP contribution in [0.2, 0.25) is 0 Å². The van der Waals surface area contributed by atoms with Gasteiger partial charge >= 0.3 is 0 Å². The molecule has 1 aromatic heterocycles. The highest BCUT2D eigenvalue weighted by atomic mass is 19.1. The van der Waals surface area contributed by atoms with Crippen molar-refractivity contribution in [1.82, 2.24) is 9.78 Å².